The monoisotopic (exact) mass is 327 g/mol. The summed E-state index contributed by atoms with van der Waals surface area (Å²) in [5.74, 6) is -0.341. The number of para-hydroxylation sites is 1. The minimum absolute atomic E-state index is 0.0648. The van der Waals surface area contributed by atoms with E-state index in [0.717, 1.165) is 16.8 Å². The molecule has 126 valence electrons. The first-order chi connectivity index (χ1) is 11.4. The van der Waals surface area contributed by atoms with Gasteiger partial charge in [0.15, 0.2) is 0 Å². The molecule has 1 N–H and O–H groups in total. The van der Waals surface area contributed by atoms with Crippen molar-refractivity contribution in [1.82, 2.24) is 9.88 Å². The molecule has 0 fully saturated rings. The number of carbonyl (C=O) groups excluding carboxylic acids is 2. The summed E-state index contributed by atoms with van der Waals surface area (Å²) in [6, 6.07) is 9.06. The number of carbonyl (C=O) groups is 2. The molecule has 1 aromatic carbocycles. The van der Waals surface area contributed by atoms with Gasteiger partial charge in [-0.15, -0.1) is 0 Å². The van der Waals surface area contributed by atoms with Crippen molar-refractivity contribution in [1.29, 1.82) is 0 Å². The van der Waals surface area contributed by atoms with Gasteiger partial charge in [-0.2, -0.15) is 0 Å². The zero-order chi connectivity index (χ0) is 17.7. The molecule has 0 saturated carbocycles. The van der Waals surface area contributed by atoms with Gasteiger partial charge >= 0.3 is 0 Å². The number of aromatic nitrogens is 1. The number of nitrogens with one attached hydrogen (secondary N) is 1. The number of aryl methyl sites for hydroxylation is 2. The van der Waals surface area contributed by atoms with Crippen LogP contribution in [0.3, 0.4) is 0 Å². The Morgan fingerprint density at radius 3 is 2.46 bits per heavy atom. The van der Waals surface area contributed by atoms with Crippen molar-refractivity contribution in [2.24, 2.45) is 0 Å². The third kappa shape index (κ3) is 3.90. The Kier molecular flexibility index (Phi) is 5.52. The highest BCUT2D eigenvalue weighted by Crippen LogP contribution is 2.19. The van der Waals surface area contributed by atoms with E-state index < -0.39 is 0 Å². The van der Waals surface area contributed by atoms with Crippen molar-refractivity contribution in [2.45, 2.75) is 13.8 Å². The van der Waals surface area contributed by atoms with Gasteiger partial charge in [-0.05, 0) is 37.1 Å². The maximum absolute atomic E-state index is 12.5. The number of methoxy groups -OCH3 is 1. The predicted octanol–water partition coefficient (Wildman–Crippen LogP) is 2.42. The molecule has 2 amide bonds. The number of anilines is 1. The normalized spacial score (nSPS) is 10.2. The lowest BCUT2D eigenvalue weighted by molar-refractivity contribution is -0.116. The molecular formula is C18H21N3O3. The van der Waals surface area contributed by atoms with E-state index in [-0.39, 0.29) is 24.2 Å². The first-order valence-electron chi connectivity index (χ1n) is 7.54. The lowest BCUT2D eigenvalue weighted by Crippen LogP contribution is -2.35. The Labute approximate surface area is 141 Å². The molecule has 0 radical (unpaired) electrons. The van der Waals surface area contributed by atoms with Crippen LogP contribution >= 0.6 is 0 Å². The van der Waals surface area contributed by atoms with Crippen molar-refractivity contribution in [3.63, 3.8) is 0 Å². The molecule has 1 aromatic heterocycles. The van der Waals surface area contributed by atoms with Crippen LogP contribution in [0.4, 0.5) is 5.69 Å². The zero-order valence-electron chi connectivity index (χ0n) is 14.3. The second-order valence-corrected chi connectivity index (χ2v) is 5.54. The van der Waals surface area contributed by atoms with Gasteiger partial charge in [0, 0.05) is 18.9 Å². The predicted molar refractivity (Wildman–Crippen MR) is 92.3 cm³/mol. The molecule has 0 aliphatic rings. The van der Waals surface area contributed by atoms with Crippen molar-refractivity contribution < 1.29 is 14.3 Å². The van der Waals surface area contributed by atoms with Gasteiger partial charge < -0.3 is 15.0 Å². The fraction of sp³-hybridized carbons (Fsp3) is 0.278. The molecule has 0 aliphatic carbocycles. The number of amides is 2. The minimum Gasteiger partial charge on any atom is -0.480 e. The molecule has 1 heterocycles. The van der Waals surface area contributed by atoms with Crippen LogP contribution in [-0.2, 0) is 4.79 Å². The molecule has 2 aromatic rings. The molecule has 24 heavy (non-hydrogen) atoms. The van der Waals surface area contributed by atoms with Gasteiger partial charge in [-0.1, -0.05) is 18.2 Å². The van der Waals surface area contributed by atoms with Crippen LogP contribution < -0.4 is 10.1 Å². The van der Waals surface area contributed by atoms with Crippen LogP contribution in [0, 0.1) is 13.8 Å². The number of benzene rings is 1. The Bertz CT molecular complexity index is 739. The van der Waals surface area contributed by atoms with Crippen LogP contribution in [-0.4, -0.2) is 42.4 Å². The van der Waals surface area contributed by atoms with Gasteiger partial charge in [-0.3, -0.25) is 9.59 Å². The third-order valence-corrected chi connectivity index (χ3v) is 3.67. The van der Waals surface area contributed by atoms with E-state index in [2.05, 4.69) is 10.3 Å². The van der Waals surface area contributed by atoms with E-state index in [4.69, 9.17) is 4.74 Å². The number of nitrogens with zero attached hydrogens (tertiary/aromatic N) is 2. The summed E-state index contributed by atoms with van der Waals surface area (Å²) in [7, 11) is 3.02. The maximum Gasteiger partial charge on any atom is 0.259 e. The van der Waals surface area contributed by atoms with Gasteiger partial charge in [0.2, 0.25) is 11.8 Å². The smallest absolute Gasteiger partial charge is 0.259 e. The molecule has 0 spiro atoms. The van der Waals surface area contributed by atoms with Crippen LogP contribution in [0.1, 0.15) is 21.5 Å². The average Bonchev–Trinajstić information content (AvgIpc) is 2.57. The molecule has 0 aliphatic heterocycles. The molecular weight excluding hydrogens is 306 g/mol. The Morgan fingerprint density at radius 2 is 1.83 bits per heavy atom. The fourth-order valence-electron chi connectivity index (χ4n) is 2.40. The van der Waals surface area contributed by atoms with E-state index >= 15 is 0 Å². The Hall–Kier alpha value is -2.89. The van der Waals surface area contributed by atoms with Crippen molar-refractivity contribution >= 4 is 17.5 Å². The van der Waals surface area contributed by atoms with E-state index in [9.17, 15) is 9.59 Å². The largest absolute Gasteiger partial charge is 0.480 e. The maximum atomic E-state index is 12.5. The van der Waals surface area contributed by atoms with Crippen molar-refractivity contribution in [2.75, 3.05) is 26.0 Å². The van der Waals surface area contributed by atoms with Crippen molar-refractivity contribution in [3.8, 4) is 5.88 Å². The number of rotatable bonds is 5. The second kappa shape index (κ2) is 7.59. The van der Waals surface area contributed by atoms with Gasteiger partial charge in [0.1, 0.15) is 5.56 Å². The third-order valence-electron chi connectivity index (χ3n) is 3.67. The highest BCUT2D eigenvalue weighted by molar-refractivity contribution is 6.00. The highest BCUT2D eigenvalue weighted by Gasteiger charge is 2.19. The second-order valence-electron chi connectivity index (χ2n) is 5.54. The number of hydrogen-bond acceptors (Lipinski definition) is 4. The van der Waals surface area contributed by atoms with Crippen LogP contribution in [0.2, 0.25) is 0 Å². The molecule has 6 nitrogen and oxygen atoms in total. The topological polar surface area (TPSA) is 71.5 Å². The SMILES string of the molecule is COc1ncccc1C(=O)N(C)CC(=O)Nc1c(C)cccc1C. The summed E-state index contributed by atoms with van der Waals surface area (Å²) in [6.45, 7) is 3.79. The van der Waals surface area contributed by atoms with Gasteiger partial charge in [0.25, 0.3) is 5.91 Å². The summed E-state index contributed by atoms with van der Waals surface area (Å²) in [5.41, 5.74) is 3.06. The molecule has 0 bridgehead atoms. The zero-order valence-corrected chi connectivity index (χ0v) is 14.3. The van der Waals surface area contributed by atoms with Crippen molar-refractivity contribution in [3.05, 3.63) is 53.2 Å². The lowest BCUT2D eigenvalue weighted by atomic mass is 10.1. The first kappa shape index (κ1) is 17.5. The van der Waals surface area contributed by atoms with Gasteiger partial charge in [0.05, 0.1) is 13.7 Å². The quantitative estimate of drug-likeness (QED) is 0.915. The van der Waals surface area contributed by atoms with Gasteiger partial charge in [-0.25, -0.2) is 4.98 Å². The fourth-order valence-corrected chi connectivity index (χ4v) is 2.40. The van der Waals surface area contributed by atoms with Crippen LogP contribution in [0.25, 0.3) is 0 Å². The summed E-state index contributed by atoms with van der Waals surface area (Å²) >= 11 is 0. The Morgan fingerprint density at radius 1 is 1.17 bits per heavy atom. The Balaban J connectivity index is 2.07. The summed E-state index contributed by atoms with van der Waals surface area (Å²) < 4.78 is 5.09. The van der Waals surface area contributed by atoms with Crippen LogP contribution in [0.15, 0.2) is 36.5 Å². The summed E-state index contributed by atoms with van der Waals surface area (Å²) in [6.07, 6.45) is 1.54. The summed E-state index contributed by atoms with van der Waals surface area (Å²) in [4.78, 5) is 30.1. The molecule has 0 unspecified atom stereocenters. The lowest BCUT2D eigenvalue weighted by Gasteiger charge is -2.19. The van der Waals surface area contributed by atoms with E-state index in [1.165, 1.54) is 12.0 Å². The number of ether oxygens (including phenoxy) is 1. The molecule has 6 heteroatoms. The average molecular weight is 327 g/mol. The minimum atomic E-state index is -0.323. The first-order valence-corrected chi connectivity index (χ1v) is 7.54. The molecule has 0 atom stereocenters. The van der Waals surface area contributed by atoms with E-state index in [0.29, 0.717) is 5.56 Å². The van der Waals surface area contributed by atoms with E-state index in [1.54, 1.807) is 25.4 Å². The van der Waals surface area contributed by atoms with E-state index in [1.807, 2.05) is 32.0 Å². The number of pyridine rings is 1. The molecule has 0 saturated heterocycles. The number of likely N-dealkylation sites (N-methyl/N-ethyl adjacent to an activating group) is 1. The summed E-state index contributed by atoms with van der Waals surface area (Å²) in [5, 5.41) is 2.86. The van der Waals surface area contributed by atoms with Crippen LogP contribution in [0.5, 0.6) is 5.88 Å². The standard InChI is InChI=1S/C18H21N3O3/c1-12-7-5-8-13(2)16(12)20-15(22)11-21(3)18(23)14-9-6-10-19-17(14)24-4/h5-10H,11H2,1-4H3,(H,20,22). The number of hydrogen-bond donors (Lipinski definition) is 1. The molecule has 2 rings (SSSR count). The highest BCUT2D eigenvalue weighted by atomic mass is 16.5.